The van der Waals surface area contributed by atoms with Gasteiger partial charge >= 0.3 is 5.97 Å². The van der Waals surface area contributed by atoms with Gasteiger partial charge in [-0.05, 0) is 54.4 Å². The van der Waals surface area contributed by atoms with Crippen LogP contribution in [0.2, 0.25) is 0 Å². The predicted molar refractivity (Wildman–Crippen MR) is 134 cm³/mol. The van der Waals surface area contributed by atoms with Crippen LogP contribution in [-0.2, 0) is 17.7 Å². The molecule has 5 heteroatoms. The van der Waals surface area contributed by atoms with Crippen LogP contribution < -0.4 is 4.74 Å². The number of nitrogens with zero attached hydrogens (tertiary/aromatic N) is 1. The molecule has 1 N–H and O–H groups in total. The van der Waals surface area contributed by atoms with Gasteiger partial charge in [0.05, 0.1) is 35.6 Å². The molecule has 1 aromatic heterocycles. The van der Waals surface area contributed by atoms with Crippen molar-refractivity contribution in [2.75, 3.05) is 7.11 Å². The Kier molecular flexibility index (Phi) is 5.68. The zero-order valence-electron chi connectivity index (χ0n) is 19.1. The molecule has 0 saturated heterocycles. The van der Waals surface area contributed by atoms with Crippen LogP contribution in [0.5, 0.6) is 17.2 Å². The standard InChI is InChI=1S/C29H25NO4/c1-3-19-16-24-28(25(31)17-19)27-22(29(32)33-2)13-9-14-23(27)30(24)18-20-10-7-8-15-26(20)34-21-11-5-4-6-12-21/h4-17,31H,3,18H2,1-2H3. The Morgan fingerprint density at radius 2 is 1.65 bits per heavy atom. The number of hydrogen-bond acceptors (Lipinski definition) is 4. The lowest BCUT2D eigenvalue weighted by Gasteiger charge is -2.14. The molecular weight excluding hydrogens is 426 g/mol. The van der Waals surface area contributed by atoms with Gasteiger partial charge in [-0.2, -0.15) is 0 Å². The number of carbonyl (C=O) groups excluding carboxylic acids is 1. The summed E-state index contributed by atoms with van der Waals surface area (Å²) in [5, 5.41) is 12.3. The molecule has 0 spiro atoms. The van der Waals surface area contributed by atoms with E-state index in [-0.39, 0.29) is 5.75 Å². The van der Waals surface area contributed by atoms with Crippen LogP contribution in [-0.4, -0.2) is 22.8 Å². The van der Waals surface area contributed by atoms with E-state index in [9.17, 15) is 9.90 Å². The molecule has 1 heterocycles. The number of phenols is 1. The molecule has 0 fully saturated rings. The zero-order valence-corrected chi connectivity index (χ0v) is 19.1. The highest BCUT2D eigenvalue weighted by atomic mass is 16.5. The van der Waals surface area contributed by atoms with Crippen LogP contribution in [0.3, 0.4) is 0 Å². The number of para-hydroxylation sites is 2. The molecule has 0 radical (unpaired) electrons. The molecule has 0 saturated carbocycles. The van der Waals surface area contributed by atoms with Crippen molar-refractivity contribution in [1.82, 2.24) is 4.57 Å². The van der Waals surface area contributed by atoms with E-state index in [1.807, 2.05) is 66.7 Å². The number of esters is 1. The monoisotopic (exact) mass is 451 g/mol. The Hall–Kier alpha value is -4.25. The molecule has 34 heavy (non-hydrogen) atoms. The molecule has 0 aliphatic rings. The molecule has 5 nitrogen and oxygen atoms in total. The van der Waals surface area contributed by atoms with Gasteiger partial charge in [0, 0.05) is 10.9 Å². The number of hydrogen-bond donors (Lipinski definition) is 1. The number of rotatable bonds is 6. The number of phenolic OH excluding ortho intramolecular Hbond substituents is 1. The first-order chi connectivity index (χ1) is 16.6. The molecule has 0 aliphatic carbocycles. The van der Waals surface area contributed by atoms with Crippen molar-refractivity contribution < 1.29 is 19.4 Å². The van der Waals surface area contributed by atoms with Gasteiger partial charge in [0.2, 0.25) is 0 Å². The molecule has 5 rings (SSSR count). The lowest BCUT2D eigenvalue weighted by atomic mass is 10.0. The minimum Gasteiger partial charge on any atom is -0.507 e. The molecule has 0 aliphatic heterocycles. The van der Waals surface area contributed by atoms with Gasteiger partial charge in [0.1, 0.15) is 17.2 Å². The number of fused-ring (bicyclic) bond motifs is 3. The van der Waals surface area contributed by atoms with Crippen molar-refractivity contribution in [3.63, 3.8) is 0 Å². The average Bonchev–Trinajstić information content (AvgIpc) is 3.19. The van der Waals surface area contributed by atoms with Crippen LogP contribution in [0.25, 0.3) is 21.8 Å². The van der Waals surface area contributed by atoms with Gasteiger partial charge in [0.15, 0.2) is 0 Å². The summed E-state index contributed by atoms with van der Waals surface area (Å²) in [5.41, 5.74) is 4.13. The summed E-state index contributed by atoms with van der Waals surface area (Å²) < 4.78 is 13.4. The largest absolute Gasteiger partial charge is 0.507 e. The molecule has 0 bridgehead atoms. The highest BCUT2D eigenvalue weighted by Crippen LogP contribution is 2.39. The van der Waals surface area contributed by atoms with Crippen LogP contribution in [0.4, 0.5) is 0 Å². The summed E-state index contributed by atoms with van der Waals surface area (Å²) in [6, 6.07) is 27.0. The molecular formula is C29H25NO4. The second-order valence-electron chi connectivity index (χ2n) is 8.16. The van der Waals surface area contributed by atoms with Crippen LogP contribution >= 0.6 is 0 Å². The van der Waals surface area contributed by atoms with Crippen molar-refractivity contribution in [1.29, 1.82) is 0 Å². The third-order valence-corrected chi connectivity index (χ3v) is 6.12. The average molecular weight is 452 g/mol. The maximum atomic E-state index is 12.6. The Morgan fingerprint density at radius 1 is 0.882 bits per heavy atom. The fourth-order valence-electron chi connectivity index (χ4n) is 4.47. The zero-order chi connectivity index (χ0) is 23.7. The third kappa shape index (κ3) is 3.75. The first-order valence-corrected chi connectivity index (χ1v) is 11.3. The number of methoxy groups -OCH3 is 1. The van der Waals surface area contributed by atoms with Crippen molar-refractivity contribution >= 4 is 27.8 Å². The first kappa shape index (κ1) is 21.6. The summed E-state index contributed by atoms with van der Waals surface area (Å²) in [6.45, 7) is 2.55. The van der Waals surface area contributed by atoms with Crippen molar-refractivity contribution in [3.8, 4) is 17.2 Å². The molecule has 170 valence electrons. The number of carbonyl (C=O) groups is 1. The summed E-state index contributed by atoms with van der Waals surface area (Å²) in [5.74, 6) is 1.24. The minimum absolute atomic E-state index is 0.156. The Labute approximate surface area is 197 Å². The second kappa shape index (κ2) is 8.94. The maximum Gasteiger partial charge on any atom is 0.338 e. The van der Waals surface area contributed by atoms with Crippen LogP contribution in [0, 0.1) is 0 Å². The molecule has 5 aromatic rings. The van der Waals surface area contributed by atoms with E-state index in [0.717, 1.165) is 40.1 Å². The van der Waals surface area contributed by atoms with E-state index in [1.54, 1.807) is 12.1 Å². The third-order valence-electron chi connectivity index (χ3n) is 6.12. The smallest absolute Gasteiger partial charge is 0.338 e. The summed E-state index contributed by atoms with van der Waals surface area (Å²) in [4.78, 5) is 12.6. The Balaban J connectivity index is 1.73. The highest BCUT2D eigenvalue weighted by Gasteiger charge is 2.21. The van der Waals surface area contributed by atoms with Gasteiger partial charge in [-0.3, -0.25) is 0 Å². The lowest BCUT2D eigenvalue weighted by molar-refractivity contribution is 0.0603. The highest BCUT2D eigenvalue weighted by molar-refractivity contribution is 6.19. The first-order valence-electron chi connectivity index (χ1n) is 11.3. The van der Waals surface area contributed by atoms with Crippen molar-refractivity contribution in [3.05, 3.63) is 102 Å². The number of aromatic nitrogens is 1. The van der Waals surface area contributed by atoms with Gasteiger partial charge in [-0.1, -0.05) is 49.4 Å². The topological polar surface area (TPSA) is 60.7 Å². The van der Waals surface area contributed by atoms with E-state index in [2.05, 4.69) is 17.6 Å². The summed E-state index contributed by atoms with van der Waals surface area (Å²) >= 11 is 0. The van der Waals surface area contributed by atoms with Gasteiger partial charge < -0.3 is 19.1 Å². The maximum absolute atomic E-state index is 12.6. The SMILES string of the molecule is CCc1cc(O)c2c3c(C(=O)OC)cccc3n(Cc3ccccc3Oc3ccccc3)c2c1. The Morgan fingerprint density at radius 3 is 2.41 bits per heavy atom. The predicted octanol–water partition coefficient (Wildman–Crippen LogP) is 6.69. The van der Waals surface area contributed by atoms with E-state index in [1.165, 1.54) is 7.11 Å². The lowest BCUT2D eigenvalue weighted by Crippen LogP contribution is -2.03. The molecule has 0 amide bonds. The fourth-order valence-corrected chi connectivity index (χ4v) is 4.47. The van der Waals surface area contributed by atoms with Gasteiger partial charge in [-0.25, -0.2) is 4.79 Å². The quantitative estimate of drug-likeness (QED) is 0.292. The van der Waals surface area contributed by atoms with Crippen LogP contribution in [0.15, 0.2) is 84.9 Å². The Bertz CT molecular complexity index is 1500. The van der Waals surface area contributed by atoms with E-state index >= 15 is 0 Å². The van der Waals surface area contributed by atoms with Gasteiger partial charge in [-0.15, -0.1) is 0 Å². The van der Waals surface area contributed by atoms with E-state index < -0.39 is 5.97 Å². The molecule has 0 atom stereocenters. The number of ether oxygens (including phenoxy) is 2. The molecule has 0 unspecified atom stereocenters. The number of benzene rings is 4. The number of aromatic hydroxyl groups is 1. The van der Waals surface area contributed by atoms with Gasteiger partial charge in [0.25, 0.3) is 0 Å². The fraction of sp³-hybridized carbons (Fsp3) is 0.138. The summed E-state index contributed by atoms with van der Waals surface area (Å²) in [6.07, 6.45) is 0.780. The van der Waals surface area contributed by atoms with E-state index in [4.69, 9.17) is 9.47 Å². The summed E-state index contributed by atoms with van der Waals surface area (Å²) in [7, 11) is 1.37. The van der Waals surface area contributed by atoms with E-state index in [0.29, 0.717) is 22.9 Å². The minimum atomic E-state index is -0.434. The molecule has 4 aromatic carbocycles. The van der Waals surface area contributed by atoms with Crippen molar-refractivity contribution in [2.24, 2.45) is 0 Å². The van der Waals surface area contributed by atoms with Crippen molar-refractivity contribution in [2.45, 2.75) is 19.9 Å². The van der Waals surface area contributed by atoms with Crippen LogP contribution in [0.1, 0.15) is 28.4 Å². The normalized spacial score (nSPS) is 11.1. The second-order valence-corrected chi connectivity index (χ2v) is 8.16. The number of aryl methyl sites for hydroxylation is 1.